The maximum absolute atomic E-state index is 11.5. The molecule has 0 unspecified atom stereocenters. The number of ether oxygens (including phenoxy) is 1. The molecule has 1 amide bonds. The van der Waals surface area contributed by atoms with Crippen molar-refractivity contribution in [1.29, 1.82) is 0 Å². The van der Waals surface area contributed by atoms with E-state index in [1.165, 1.54) is 4.90 Å². The number of carbonyl (C=O) groups is 1. The summed E-state index contributed by atoms with van der Waals surface area (Å²) in [7, 11) is 1.65. The van der Waals surface area contributed by atoms with Gasteiger partial charge < -0.3 is 14.7 Å². The smallest absolute Gasteiger partial charge is 0.262 e. The average molecular weight is 185 g/mol. The van der Waals surface area contributed by atoms with Crippen molar-refractivity contribution >= 4 is 5.91 Å². The van der Waals surface area contributed by atoms with Crippen molar-refractivity contribution in [2.45, 2.75) is 18.9 Å². The number of hydrogen-bond donors (Lipinski definition) is 1. The van der Waals surface area contributed by atoms with E-state index in [9.17, 15) is 9.90 Å². The number of carbonyl (C=O) groups excluding carboxylic acids is 1. The van der Waals surface area contributed by atoms with Crippen molar-refractivity contribution in [1.82, 2.24) is 4.90 Å². The molecule has 0 radical (unpaired) electrons. The van der Waals surface area contributed by atoms with Crippen LogP contribution in [0.4, 0.5) is 0 Å². The summed E-state index contributed by atoms with van der Waals surface area (Å²) in [6.45, 7) is 6.31. The maximum atomic E-state index is 11.5. The van der Waals surface area contributed by atoms with Gasteiger partial charge in [-0.3, -0.25) is 4.79 Å². The van der Waals surface area contributed by atoms with E-state index >= 15 is 0 Å². The highest BCUT2D eigenvalue weighted by atomic mass is 16.5. The molecule has 1 saturated heterocycles. The van der Waals surface area contributed by atoms with Crippen LogP contribution < -0.4 is 0 Å². The third-order valence-corrected chi connectivity index (χ3v) is 2.29. The topological polar surface area (TPSA) is 49.8 Å². The Labute approximate surface area is 77.8 Å². The Morgan fingerprint density at radius 2 is 2.46 bits per heavy atom. The summed E-state index contributed by atoms with van der Waals surface area (Å²) in [4.78, 5) is 13.0. The van der Waals surface area contributed by atoms with Gasteiger partial charge in [-0.05, 0) is 6.92 Å². The second-order valence-corrected chi connectivity index (χ2v) is 3.19. The van der Waals surface area contributed by atoms with Gasteiger partial charge in [-0.15, -0.1) is 0 Å². The molecule has 0 aromatic rings. The molecule has 4 nitrogen and oxygen atoms in total. The quantitative estimate of drug-likeness (QED) is 0.636. The van der Waals surface area contributed by atoms with E-state index in [2.05, 4.69) is 6.58 Å². The molecule has 13 heavy (non-hydrogen) atoms. The number of rotatable bonds is 3. The van der Waals surface area contributed by atoms with Crippen LogP contribution in [-0.4, -0.2) is 41.7 Å². The Kier molecular flexibility index (Phi) is 2.61. The third-order valence-electron chi connectivity index (χ3n) is 2.29. The third kappa shape index (κ3) is 1.54. The van der Waals surface area contributed by atoms with Crippen LogP contribution in [0.2, 0.25) is 0 Å². The highest BCUT2D eigenvalue weighted by Crippen LogP contribution is 2.28. The van der Waals surface area contributed by atoms with Crippen LogP contribution in [0.25, 0.3) is 0 Å². The lowest BCUT2D eigenvalue weighted by atomic mass is 10.0. The van der Waals surface area contributed by atoms with Crippen molar-refractivity contribution in [3.05, 3.63) is 12.3 Å². The molecule has 1 N–H and O–H groups in total. The molecule has 0 aliphatic carbocycles. The number of aliphatic hydroxyl groups is 1. The van der Waals surface area contributed by atoms with Crippen molar-refractivity contribution in [3.8, 4) is 0 Å². The van der Waals surface area contributed by atoms with Crippen molar-refractivity contribution in [2.24, 2.45) is 0 Å². The van der Waals surface area contributed by atoms with Gasteiger partial charge >= 0.3 is 0 Å². The number of nitrogens with zero attached hydrogens (tertiary/aromatic N) is 1. The van der Waals surface area contributed by atoms with E-state index < -0.39 is 5.60 Å². The Morgan fingerprint density at radius 3 is 2.85 bits per heavy atom. The molecule has 0 bridgehead atoms. The monoisotopic (exact) mass is 185 g/mol. The van der Waals surface area contributed by atoms with Gasteiger partial charge in [-0.2, -0.15) is 0 Å². The van der Waals surface area contributed by atoms with Gasteiger partial charge in [0.15, 0.2) is 0 Å². The molecular weight excluding hydrogens is 170 g/mol. The minimum atomic E-state index is -1.50. The Bertz CT molecular complexity index is 239. The van der Waals surface area contributed by atoms with Crippen LogP contribution in [0.15, 0.2) is 12.3 Å². The number of likely N-dealkylation sites (N-methyl/N-ethyl adjacent to an activating group) is 1. The van der Waals surface area contributed by atoms with Crippen molar-refractivity contribution < 1.29 is 14.6 Å². The second kappa shape index (κ2) is 3.38. The molecule has 74 valence electrons. The van der Waals surface area contributed by atoms with Gasteiger partial charge in [0.05, 0.1) is 6.61 Å². The van der Waals surface area contributed by atoms with Gasteiger partial charge in [0.25, 0.3) is 5.91 Å². The largest absolute Gasteiger partial charge is 0.495 e. The number of hydrogen-bond acceptors (Lipinski definition) is 3. The molecule has 0 saturated carbocycles. The highest BCUT2D eigenvalue weighted by Gasteiger charge is 2.47. The Balaban J connectivity index is 2.77. The summed E-state index contributed by atoms with van der Waals surface area (Å²) in [5.41, 5.74) is -1.50. The van der Waals surface area contributed by atoms with Gasteiger partial charge in [0, 0.05) is 20.0 Å². The average Bonchev–Trinajstić information content (AvgIpc) is 2.35. The van der Waals surface area contributed by atoms with E-state index in [0.717, 1.165) is 0 Å². The van der Waals surface area contributed by atoms with Crippen LogP contribution in [0, 0.1) is 0 Å². The van der Waals surface area contributed by atoms with Crippen LogP contribution in [0.3, 0.4) is 0 Å². The van der Waals surface area contributed by atoms with E-state index in [-0.39, 0.29) is 11.7 Å². The van der Waals surface area contributed by atoms with Gasteiger partial charge in [0.1, 0.15) is 5.76 Å². The fourth-order valence-electron chi connectivity index (χ4n) is 1.41. The van der Waals surface area contributed by atoms with Gasteiger partial charge in [0.2, 0.25) is 5.60 Å². The van der Waals surface area contributed by atoms with E-state index in [1.54, 1.807) is 14.0 Å². The molecule has 1 aliphatic heterocycles. The summed E-state index contributed by atoms with van der Waals surface area (Å²) < 4.78 is 5.06. The predicted molar refractivity (Wildman–Crippen MR) is 48.0 cm³/mol. The normalized spacial score (nSPS) is 27.9. The second-order valence-electron chi connectivity index (χ2n) is 3.19. The molecule has 4 heteroatoms. The Morgan fingerprint density at radius 1 is 1.85 bits per heavy atom. The highest BCUT2D eigenvalue weighted by molar-refractivity contribution is 5.89. The van der Waals surface area contributed by atoms with Crippen LogP contribution >= 0.6 is 0 Å². The van der Waals surface area contributed by atoms with E-state index in [0.29, 0.717) is 19.6 Å². The van der Waals surface area contributed by atoms with E-state index in [1.807, 2.05) is 0 Å². The zero-order chi connectivity index (χ0) is 10.1. The first-order valence-electron chi connectivity index (χ1n) is 4.32. The summed E-state index contributed by atoms with van der Waals surface area (Å²) in [6, 6.07) is 0. The minimum Gasteiger partial charge on any atom is -0.495 e. The fourth-order valence-corrected chi connectivity index (χ4v) is 1.41. The summed E-state index contributed by atoms with van der Waals surface area (Å²) in [5.74, 6) is -0.171. The molecule has 1 aliphatic rings. The SMILES string of the molecule is C=C(OCC)[C@]1(O)CCN(C)C1=O. The summed E-state index contributed by atoms with van der Waals surface area (Å²) in [6.07, 6.45) is 0.362. The number of amides is 1. The molecule has 1 fully saturated rings. The zero-order valence-electron chi connectivity index (χ0n) is 8.04. The van der Waals surface area contributed by atoms with Crippen molar-refractivity contribution in [2.75, 3.05) is 20.2 Å². The van der Waals surface area contributed by atoms with Crippen molar-refractivity contribution in [3.63, 3.8) is 0 Å². The van der Waals surface area contributed by atoms with Gasteiger partial charge in [-0.1, -0.05) is 6.58 Å². The van der Waals surface area contributed by atoms with Crippen LogP contribution in [-0.2, 0) is 9.53 Å². The van der Waals surface area contributed by atoms with Crippen LogP contribution in [0.5, 0.6) is 0 Å². The summed E-state index contributed by atoms with van der Waals surface area (Å²) >= 11 is 0. The van der Waals surface area contributed by atoms with Gasteiger partial charge in [-0.25, -0.2) is 0 Å². The first-order chi connectivity index (χ1) is 6.02. The predicted octanol–water partition coefficient (Wildman–Crippen LogP) is 0.130. The molecular formula is C9H15NO3. The zero-order valence-corrected chi connectivity index (χ0v) is 8.04. The standard InChI is InChI=1S/C9H15NO3/c1-4-13-7(2)9(12)5-6-10(3)8(9)11/h12H,2,4-6H2,1,3H3/t9-/m1/s1. The lowest BCUT2D eigenvalue weighted by Gasteiger charge is -2.22. The Hall–Kier alpha value is -1.03. The first-order valence-corrected chi connectivity index (χ1v) is 4.32. The lowest BCUT2D eigenvalue weighted by molar-refractivity contribution is -0.142. The molecule has 0 spiro atoms. The maximum Gasteiger partial charge on any atom is 0.262 e. The fraction of sp³-hybridized carbons (Fsp3) is 0.667. The molecule has 1 atom stereocenters. The molecule has 1 heterocycles. The molecule has 0 aromatic heterocycles. The molecule has 0 aromatic carbocycles. The minimum absolute atomic E-state index is 0.157. The van der Waals surface area contributed by atoms with E-state index in [4.69, 9.17) is 4.74 Å². The molecule has 1 rings (SSSR count). The summed E-state index contributed by atoms with van der Waals surface area (Å²) in [5, 5.41) is 9.91. The number of likely N-dealkylation sites (tertiary alicyclic amines) is 1. The first kappa shape index (κ1) is 10.1. The van der Waals surface area contributed by atoms with Crippen LogP contribution in [0.1, 0.15) is 13.3 Å². The lowest BCUT2D eigenvalue weighted by Crippen LogP contribution is -2.40.